The van der Waals surface area contributed by atoms with Gasteiger partial charge in [0.1, 0.15) is 0 Å². The second-order valence-electron chi connectivity index (χ2n) is 5.22. The van der Waals surface area contributed by atoms with Crippen molar-refractivity contribution >= 4 is 23.2 Å². The summed E-state index contributed by atoms with van der Waals surface area (Å²) >= 11 is 1.46. The lowest BCUT2D eigenvalue weighted by molar-refractivity contribution is -0.137. The van der Waals surface area contributed by atoms with Gasteiger partial charge in [0.25, 0.3) is 0 Å². The van der Waals surface area contributed by atoms with E-state index in [0.717, 1.165) is 22.6 Å². The van der Waals surface area contributed by atoms with Crippen molar-refractivity contribution in [1.29, 1.82) is 0 Å². The zero-order valence-corrected chi connectivity index (χ0v) is 13.4. The third-order valence-electron chi connectivity index (χ3n) is 3.63. The Labute approximate surface area is 141 Å². The Morgan fingerprint density at radius 3 is 2.21 bits per heavy atom. The zero-order chi connectivity index (χ0) is 17.2. The number of alkyl halides is 3. The first-order valence-electron chi connectivity index (χ1n) is 7.26. The Morgan fingerprint density at radius 1 is 0.958 bits per heavy atom. The van der Waals surface area contributed by atoms with Crippen molar-refractivity contribution in [2.24, 2.45) is 4.99 Å². The molecular weight excluding hydrogens is 335 g/mol. The summed E-state index contributed by atoms with van der Waals surface area (Å²) in [6.45, 7) is -0.112. The van der Waals surface area contributed by atoms with Gasteiger partial charge in [0.15, 0.2) is 0 Å². The van der Waals surface area contributed by atoms with E-state index in [9.17, 15) is 18.3 Å². The van der Waals surface area contributed by atoms with Gasteiger partial charge in [0.05, 0.1) is 23.6 Å². The molecule has 2 aromatic rings. The fourth-order valence-corrected chi connectivity index (χ4v) is 3.33. The number of hydrogen-bond acceptors (Lipinski definition) is 3. The Hall–Kier alpha value is -2.05. The molecule has 2 nitrogen and oxygen atoms in total. The first-order chi connectivity index (χ1) is 11.5. The molecular formula is C18H14F3NOS. The van der Waals surface area contributed by atoms with Crippen LogP contribution in [-0.2, 0) is 6.18 Å². The monoisotopic (exact) mass is 349 g/mol. The molecule has 0 atom stereocenters. The van der Waals surface area contributed by atoms with Gasteiger partial charge >= 0.3 is 6.18 Å². The molecule has 0 aliphatic carbocycles. The lowest BCUT2D eigenvalue weighted by Crippen LogP contribution is -2.12. The molecule has 0 aromatic heterocycles. The molecule has 6 heteroatoms. The number of benzene rings is 2. The minimum atomic E-state index is -4.35. The number of thioether (sulfide) groups is 1. The number of aliphatic hydroxyl groups excluding tert-OH is 1. The van der Waals surface area contributed by atoms with Gasteiger partial charge in [-0.3, -0.25) is 4.99 Å². The molecule has 0 radical (unpaired) electrons. The molecule has 0 saturated carbocycles. The molecule has 0 fully saturated rings. The Balaban J connectivity index is 1.97. The van der Waals surface area contributed by atoms with Crippen LogP contribution in [0.1, 0.15) is 16.7 Å². The first-order valence-corrected chi connectivity index (χ1v) is 8.25. The van der Waals surface area contributed by atoms with Gasteiger partial charge in [-0.05, 0) is 17.7 Å². The van der Waals surface area contributed by atoms with Gasteiger partial charge in [-0.15, -0.1) is 11.8 Å². The molecule has 0 saturated heterocycles. The van der Waals surface area contributed by atoms with Crippen LogP contribution < -0.4 is 0 Å². The fourth-order valence-electron chi connectivity index (χ4n) is 2.39. The van der Waals surface area contributed by atoms with Crippen LogP contribution in [0.4, 0.5) is 13.2 Å². The molecule has 1 N–H and O–H groups in total. The van der Waals surface area contributed by atoms with Crippen molar-refractivity contribution in [3.05, 3.63) is 76.2 Å². The average molecular weight is 349 g/mol. The minimum absolute atomic E-state index is 0.112. The summed E-state index contributed by atoms with van der Waals surface area (Å²) in [5.41, 5.74) is 2.22. The maximum Gasteiger partial charge on any atom is 0.416 e. The van der Waals surface area contributed by atoms with Gasteiger partial charge in [0.2, 0.25) is 0 Å². The molecule has 2 aromatic carbocycles. The van der Waals surface area contributed by atoms with Gasteiger partial charge < -0.3 is 5.11 Å². The molecule has 1 heterocycles. The number of aliphatic hydroxyl groups is 1. The van der Waals surface area contributed by atoms with Crippen molar-refractivity contribution in [3.8, 4) is 0 Å². The standard InChI is InChI=1S/C18H14F3NOS/c19-18(20,21)14-8-6-12(7-9-14)15-11-24-16(10-23)17(22-15)13-4-2-1-3-5-13/h1-9,23H,10-11H2. The van der Waals surface area contributed by atoms with E-state index < -0.39 is 11.7 Å². The highest BCUT2D eigenvalue weighted by Gasteiger charge is 2.30. The summed E-state index contributed by atoms with van der Waals surface area (Å²) in [7, 11) is 0. The molecule has 1 aliphatic rings. The topological polar surface area (TPSA) is 32.6 Å². The SMILES string of the molecule is OCC1=C(c2ccccc2)N=C(c2ccc(C(F)(F)F)cc2)CS1. The Morgan fingerprint density at radius 2 is 1.62 bits per heavy atom. The molecule has 24 heavy (non-hydrogen) atoms. The van der Waals surface area contributed by atoms with E-state index in [1.165, 1.54) is 23.9 Å². The molecule has 0 amide bonds. The summed E-state index contributed by atoms with van der Waals surface area (Å²) in [4.78, 5) is 5.36. The maximum atomic E-state index is 12.7. The van der Waals surface area contributed by atoms with Gasteiger partial charge in [-0.1, -0.05) is 42.5 Å². The highest BCUT2D eigenvalue weighted by molar-refractivity contribution is 8.04. The highest BCUT2D eigenvalue weighted by atomic mass is 32.2. The van der Waals surface area contributed by atoms with E-state index in [0.29, 0.717) is 22.7 Å². The second-order valence-corrected chi connectivity index (χ2v) is 6.29. The summed E-state index contributed by atoms with van der Waals surface area (Å²) in [6, 6.07) is 14.4. The number of hydrogen-bond donors (Lipinski definition) is 1. The van der Waals surface area contributed by atoms with Crippen molar-refractivity contribution in [2.75, 3.05) is 12.4 Å². The van der Waals surface area contributed by atoms with Crippen LogP contribution in [0.25, 0.3) is 5.70 Å². The summed E-state index contributed by atoms with van der Waals surface area (Å²) in [6.07, 6.45) is -4.35. The smallest absolute Gasteiger partial charge is 0.391 e. The van der Waals surface area contributed by atoms with Crippen LogP contribution in [-0.4, -0.2) is 23.2 Å². The zero-order valence-electron chi connectivity index (χ0n) is 12.5. The number of rotatable bonds is 3. The number of halogens is 3. The van der Waals surface area contributed by atoms with Gasteiger partial charge in [-0.25, -0.2) is 0 Å². The maximum absolute atomic E-state index is 12.7. The Bertz CT molecular complexity index is 780. The average Bonchev–Trinajstić information content (AvgIpc) is 2.61. The normalized spacial score (nSPS) is 15.4. The van der Waals surface area contributed by atoms with E-state index in [1.54, 1.807) is 0 Å². The third-order valence-corrected chi connectivity index (χ3v) is 4.72. The minimum Gasteiger partial charge on any atom is -0.391 e. The molecule has 1 aliphatic heterocycles. The van der Waals surface area contributed by atoms with E-state index in [2.05, 4.69) is 4.99 Å². The largest absolute Gasteiger partial charge is 0.416 e. The van der Waals surface area contributed by atoms with Crippen molar-refractivity contribution in [3.63, 3.8) is 0 Å². The Kier molecular flexibility index (Phi) is 4.78. The van der Waals surface area contributed by atoms with Crippen LogP contribution in [0.3, 0.4) is 0 Å². The lowest BCUT2D eigenvalue weighted by Gasteiger charge is -2.18. The molecule has 0 unspecified atom stereocenters. The van der Waals surface area contributed by atoms with Crippen LogP contribution in [0.2, 0.25) is 0 Å². The predicted octanol–water partition coefficient (Wildman–Crippen LogP) is 4.60. The van der Waals surface area contributed by atoms with E-state index in [-0.39, 0.29) is 6.61 Å². The van der Waals surface area contributed by atoms with E-state index in [4.69, 9.17) is 0 Å². The van der Waals surface area contributed by atoms with Crippen molar-refractivity contribution in [2.45, 2.75) is 6.18 Å². The first kappa shape index (κ1) is 16.8. The van der Waals surface area contributed by atoms with Gasteiger partial charge in [-0.2, -0.15) is 13.2 Å². The van der Waals surface area contributed by atoms with Crippen LogP contribution >= 0.6 is 11.8 Å². The van der Waals surface area contributed by atoms with Gasteiger partial charge in [0, 0.05) is 16.2 Å². The van der Waals surface area contributed by atoms with Crippen LogP contribution in [0.15, 0.2) is 64.5 Å². The number of nitrogens with zero attached hydrogens (tertiary/aromatic N) is 1. The van der Waals surface area contributed by atoms with Crippen LogP contribution in [0.5, 0.6) is 0 Å². The molecule has 124 valence electrons. The predicted molar refractivity (Wildman–Crippen MR) is 90.9 cm³/mol. The fraction of sp³-hybridized carbons (Fsp3) is 0.167. The summed E-state index contributed by atoms with van der Waals surface area (Å²) < 4.78 is 38.0. The van der Waals surface area contributed by atoms with Crippen LogP contribution in [0, 0.1) is 0 Å². The highest BCUT2D eigenvalue weighted by Crippen LogP contribution is 2.34. The lowest BCUT2D eigenvalue weighted by atomic mass is 10.1. The second kappa shape index (κ2) is 6.83. The van der Waals surface area contributed by atoms with Crippen molar-refractivity contribution < 1.29 is 18.3 Å². The van der Waals surface area contributed by atoms with E-state index in [1.807, 2.05) is 30.3 Å². The molecule has 0 spiro atoms. The summed E-state index contributed by atoms with van der Waals surface area (Å²) in [5.74, 6) is 0.511. The van der Waals surface area contributed by atoms with E-state index >= 15 is 0 Å². The molecule has 3 rings (SSSR count). The third kappa shape index (κ3) is 3.55. The number of aliphatic imine (C=N–C) groups is 1. The van der Waals surface area contributed by atoms with Crippen molar-refractivity contribution in [1.82, 2.24) is 0 Å². The molecule has 0 bridgehead atoms. The summed E-state index contributed by atoms with van der Waals surface area (Å²) in [5, 5.41) is 9.53. The quantitative estimate of drug-likeness (QED) is 0.878.